The van der Waals surface area contributed by atoms with Crippen molar-refractivity contribution in [2.45, 2.75) is 17.9 Å². The third kappa shape index (κ3) is 3.51. The smallest absolute Gasteiger partial charge is 0.244 e. The Morgan fingerprint density at radius 2 is 1.88 bits per heavy atom. The number of nitrogens with zero attached hydrogens (tertiary/aromatic N) is 1. The maximum Gasteiger partial charge on any atom is 0.244 e. The Bertz CT molecular complexity index is 957. The number of sulfonamides is 1. The number of Topliss-reactive ketones (excluding diaryl/α,β-unsaturated/α-hetero) is 1. The number of carbonyl (C=O) groups excluding carboxylic acids is 2. The van der Waals surface area contributed by atoms with Crippen LogP contribution >= 0.6 is 11.6 Å². The van der Waals surface area contributed by atoms with Crippen molar-refractivity contribution in [1.82, 2.24) is 9.62 Å². The van der Waals surface area contributed by atoms with E-state index in [2.05, 4.69) is 5.32 Å². The molecular formula is C18H17ClN2O4S. The number of nitrogens with one attached hydrogen (secondary N) is 1. The standard InChI is InChI=1S/C18H17ClN2O4S/c1-12(22)14-3-2-4-16(11-14)26(24,25)21-10-9-20-18(23)17(21)13-5-7-15(19)8-6-13/h2-8,11,17H,9-10H2,1H3,(H,20,23). The summed E-state index contributed by atoms with van der Waals surface area (Å²) in [5.41, 5.74) is 0.827. The largest absolute Gasteiger partial charge is 0.353 e. The van der Waals surface area contributed by atoms with E-state index in [1.54, 1.807) is 30.3 Å². The van der Waals surface area contributed by atoms with Gasteiger partial charge < -0.3 is 5.32 Å². The molecule has 1 saturated heterocycles. The van der Waals surface area contributed by atoms with E-state index < -0.39 is 22.0 Å². The monoisotopic (exact) mass is 392 g/mol. The van der Waals surface area contributed by atoms with Crippen LogP contribution in [-0.4, -0.2) is 37.5 Å². The van der Waals surface area contributed by atoms with E-state index in [0.717, 1.165) is 4.31 Å². The average molecular weight is 393 g/mol. The molecule has 1 aliphatic heterocycles. The SMILES string of the molecule is CC(=O)c1cccc(S(=O)(=O)N2CCNC(=O)C2c2ccc(Cl)cc2)c1. The van der Waals surface area contributed by atoms with Crippen LogP contribution in [0.4, 0.5) is 0 Å². The summed E-state index contributed by atoms with van der Waals surface area (Å²) in [5.74, 6) is -0.627. The third-order valence-electron chi connectivity index (χ3n) is 4.20. The van der Waals surface area contributed by atoms with Gasteiger partial charge in [0.25, 0.3) is 0 Å². The summed E-state index contributed by atoms with van der Waals surface area (Å²) in [7, 11) is -3.97. The lowest BCUT2D eigenvalue weighted by atomic mass is 10.1. The quantitative estimate of drug-likeness (QED) is 0.810. The highest BCUT2D eigenvalue weighted by atomic mass is 35.5. The molecule has 0 saturated carbocycles. The second-order valence-electron chi connectivity index (χ2n) is 5.94. The van der Waals surface area contributed by atoms with Gasteiger partial charge in [-0.15, -0.1) is 0 Å². The van der Waals surface area contributed by atoms with Gasteiger partial charge in [0.05, 0.1) is 4.90 Å². The van der Waals surface area contributed by atoms with Crippen LogP contribution in [0.3, 0.4) is 0 Å². The first kappa shape index (κ1) is 18.6. The fourth-order valence-electron chi connectivity index (χ4n) is 2.88. The molecule has 1 fully saturated rings. The van der Waals surface area contributed by atoms with Crippen LogP contribution < -0.4 is 5.32 Å². The van der Waals surface area contributed by atoms with Gasteiger partial charge in [0.2, 0.25) is 15.9 Å². The number of rotatable bonds is 4. The van der Waals surface area contributed by atoms with Crippen LogP contribution in [0.15, 0.2) is 53.4 Å². The van der Waals surface area contributed by atoms with Crippen molar-refractivity contribution < 1.29 is 18.0 Å². The van der Waals surface area contributed by atoms with Gasteiger partial charge in [-0.05, 0) is 36.8 Å². The van der Waals surface area contributed by atoms with E-state index in [-0.39, 0.29) is 23.8 Å². The molecule has 136 valence electrons. The molecular weight excluding hydrogens is 376 g/mol. The number of carbonyl (C=O) groups is 2. The Morgan fingerprint density at radius 1 is 1.19 bits per heavy atom. The summed E-state index contributed by atoms with van der Waals surface area (Å²) in [6.45, 7) is 1.72. The van der Waals surface area contributed by atoms with Crippen molar-refractivity contribution in [2.75, 3.05) is 13.1 Å². The molecule has 0 radical (unpaired) electrons. The lowest BCUT2D eigenvalue weighted by molar-refractivity contribution is -0.126. The highest BCUT2D eigenvalue weighted by Gasteiger charge is 2.39. The topological polar surface area (TPSA) is 83.6 Å². The van der Waals surface area contributed by atoms with E-state index in [9.17, 15) is 18.0 Å². The number of hydrogen-bond acceptors (Lipinski definition) is 4. The van der Waals surface area contributed by atoms with Crippen molar-refractivity contribution in [3.63, 3.8) is 0 Å². The molecule has 1 aliphatic rings. The van der Waals surface area contributed by atoms with Crippen LogP contribution in [0.5, 0.6) is 0 Å². The summed E-state index contributed by atoms with van der Waals surface area (Å²) in [5, 5.41) is 3.19. The van der Waals surface area contributed by atoms with Gasteiger partial charge in [-0.2, -0.15) is 4.31 Å². The molecule has 26 heavy (non-hydrogen) atoms. The minimum Gasteiger partial charge on any atom is -0.353 e. The molecule has 1 heterocycles. The Kier molecular flexibility index (Phi) is 5.13. The van der Waals surface area contributed by atoms with Crippen LogP contribution in [0.2, 0.25) is 5.02 Å². The summed E-state index contributed by atoms with van der Waals surface area (Å²) in [6.07, 6.45) is 0. The molecule has 2 aromatic rings. The minimum atomic E-state index is -3.97. The Morgan fingerprint density at radius 3 is 2.54 bits per heavy atom. The van der Waals surface area contributed by atoms with Gasteiger partial charge in [0.1, 0.15) is 6.04 Å². The molecule has 0 spiro atoms. The Hall–Kier alpha value is -2.22. The molecule has 1 amide bonds. The second kappa shape index (κ2) is 7.19. The molecule has 1 unspecified atom stereocenters. The van der Waals surface area contributed by atoms with E-state index in [4.69, 9.17) is 11.6 Å². The van der Waals surface area contributed by atoms with Crippen molar-refractivity contribution in [3.05, 3.63) is 64.7 Å². The summed E-state index contributed by atoms with van der Waals surface area (Å²) in [4.78, 5) is 24.0. The fourth-order valence-corrected chi connectivity index (χ4v) is 4.63. The van der Waals surface area contributed by atoms with Crippen LogP contribution in [0, 0.1) is 0 Å². The van der Waals surface area contributed by atoms with E-state index in [0.29, 0.717) is 16.1 Å². The summed E-state index contributed by atoms with van der Waals surface area (Å²) in [6, 6.07) is 11.3. The second-order valence-corrected chi connectivity index (χ2v) is 8.27. The first-order valence-corrected chi connectivity index (χ1v) is 9.78. The number of halogens is 1. The fraction of sp³-hybridized carbons (Fsp3) is 0.222. The molecule has 1 N–H and O–H groups in total. The minimum absolute atomic E-state index is 0.0149. The predicted octanol–water partition coefficient (Wildman–Crippen LogP) is 2.40. The zero-order valence-electron chi connectivity index (χ0n) is 14.0. The maximum absolute atomic E-state index is 13.2. The number of piperazine rings is 1. The lowest BCUT2D eigenvalue weighted by Gasteiger charge is -2.34. The Labute approximate surface area is 156 Å². The van der Waals surface area contributed by atoms with Crippen LogP contribution in [0.25, 0.3) is 0 Å². The van der Waals surface area contributed by atoms with Gasteiger partial charge in [-0.1, -0.05) is 35.9 Å². The summed E-state index contributed by atoms with van der Waals surface area (Å²) >= 11 is 5.89. The van der Waals surface area contributed by atoms with Crippen LogP contribution in [0.1, 0.15) is 28.9 Å². The molecule has 0 aliphatic carbocycles. The molecule has 0 aromatic heterocycles. The van der Waals surface area contributed by atoms with Crippen LogP contribution in [-0.2, 0) is 14.8 Å². The van der Waals surface area contributed by atoms with E-state index >= 15 is 0 Å². The van der Waals surface area contributed by atoms with Crippen molar-refractivity contribution in [1.29, 1.82) is 0 Å². The zero-order chi connectivity index (χ0) is 18.9. The van der Waals surface area contributed by atoms with E-state index in [1.807, 2.05) is 0 Å². The van der Waals surface area contributed by atoms with Crippen molar-refractivity contribution >= 4 is 33.3 Å². The van der Waals surface area contributed by atoms with E-state index in [1.165, 1.54) is 25.1 Å². The predicted molar refractivity (Wildman–Crippen MR) is 97.5 cm³/mol. The zero-order valence-corrected chi connectivity index (χ0v) is 15.5. The molecule has 8 heteroatoms. The highest BCUT2D eigenvalue weighted by molar-refractivity contribution is 7.89. The van der Waals surface area contributed by atoms with Gasteiger partial charge in [0.15, 0.2) is 5.78 Å². The maximum atomic E-state index is 13.2. The molecule has 2 aromatic carbocycles. The number of hydrogen-bond donors (Lipinski definition) is 1. The molecule has 6 nitrogen and oxygen atoms in total. The molecule has 0 bridgehead atoms. The normalized spacial score (nSPS) is 18.4. The van der Waals surface area contributed by atoms with Gasteiger partial charge in [0, 0.05) is 23.7 Å². The highest BCUT2D eigenvalue weighted by Crippen LogP contribution is 2.30. The van der Waals surface area contributed by atoms with Gasteiger partial charge >= 0.3 is 0 Å². The third-order valence-corrected chi connectivity index (χ3v) is 6.31. The first-order chi connectivity index (χ1) is 12.3. The Balaban J connectivity index is 2.06. The van der Waals surface area contributed by atoms with Crippen molar-refractivity contribution in [2.24, 2.45) is 0 Å². The number of amides is 1. The number of benzene rings is 2. The number of ketones is 1. The van der Waals surface area contributed by atoms with Crippen molar-refractivity contribution in [3.8, 4) is 0 Å². The molecule has 1 atom stereocenters. The lowest BCUT2D eigenvalue weighted by Crippen LogP contribution is -2.52. The molecule has 3 rings (SSSR count). The first-order valence-electron chi connectivity index (χ1n) is 7.97. The summed E-state index contributed by atoms with van der Waals surface area (Å²) < 4.78 is 27.5. The van der Waals surface area contributed by atoms with Gasteiger partial charge in [-0.25, -0.2) is 8.42 Å². The average Bonchev–Trinajstić information content (AvgIpc) is 2.62. The van der Waals surface area contributed by atoms with Gasteiger partial charge in [-0.3, -0.25) is 9.59 Å².